The van der Waals surface area contributed by atoms with Crippen molar-refractivity contribution in [3.63, 3.8) is 0 Å². The van der Waals surface area contributed by atoms with Gasteiger partial charge in [-0.25, -0.2) is 0 Å². The van der Waals surface area contributed by atoms with E-state index < -0.39 is 5.91 Å². The zero-order chi connectivity index (χ0) is 16.8. The van der Waals surface area contributed by atoms with Crippen LogP contribution in [0.5, 0.6) is 0 Å². The Bertz CT molecular complexity index is 666. The van der Waals surface area contributed by atoms with E-state index >= 15 is 0 Å². The molecule has 4 nitrogen and oxygen atoms in total. The summed E-state index contributed by atoms with van der Waals surface area (Å²) in [4.78, 5) is 23.8. The Morgan fingerprint density at radius 3 is 2.17 bits per heavy atom. The van der Waals surface area contributed by atoms with Crippen LogP contribution in [0.15, 0.2) is 54.6 Å². The number of hydrogen-bond acceptors (Lipinski definition) is 2. The van der Waals surface area contributed by atoms with Crippen LogP contribution in [0.1, 0.15) is 42.1 Å². The van der Waals surface area contributed by atoms with Gasteiger partial charge >= 0.3 is 0 Å². The van der Waals surface area contributed by atoms with Crippen molar-refractivity contribution in [3.8, 4) is 0 Å². The minimum atomic E-state index is -0.482. The van der Waals surface area contributed by atoms with Gasteiger partial charge in [-0.3, -0.25) is 9.59 Å². The monoisotopic (exact) mass is 310 g/mol. The zero-order valence-corrected chi connectivity index (χ0v) is 13.5. The lowest BCUT2D eigenvalue weighted by molar-refractivity contribution is -0.118. The second-order valence-corrected chi connectivity index (χ2v) is 5.70. The maximum Gasteiger partial charge on any atom is 0.248 e. The molecule has 2 atom stereocenters. The third kappa shape index (κ3) is 4.19. The lowest BCUT2D eigenvalue weighted by Gasteiger charge is -2.22. The van der Waals surface area contributed by atoms with Gasteiger partial charge in [0.05, 0.1) is 5.92 Å². The first-order valence-corrected chi connectivity index (χ1v) is 7.78. The molecule has 0 spiro atoms. The number of carbonyl (C=O) groups is 2. The van der Waals surface area contributed by atoms with Crippen LogP contribution in [-0.4, -0.2) is 11.8 Å². The highest BCUT2D eigenvalue weighted by Crippen LogP contribution is 2.28. The first-order chi connectivity index (χ1) is 11.0. The van der Waals surface area contributed by atoms with Crippen LogP contribution in [0.3, 0.4) is 0 Å². The molecule has 0 unspecified atom stereocenters. The minimum absolute atomic E-state index is 0.0441. The minimum Gasteiger partial charge on any atom is -0.366 e. The molecule has 0 aliphatic heterocycles. The average molecular weight is 310 g/mol. The molecule has 23 heavy (non-hydrogen) atoms. The Hall–Kier alpha value is -2.62. The van der Waals surface area contributed by atoms with Crippen LogP contribution in [-0.2, 0) is 4.79 Å². The summed E-state index contributed by atoms with van der Waals surface area (Å²) in [5, 5.41) is 2.93. The summed E-state index contributed by atoms with van der Waals surface area (Å²) >= 11 is 0. The van der Waals surface area contributed by atoms with Crippen molar-refractivity contribution in [3.05, 3.63) is 65.7 Å². The fraction of sp³-hybridized carbons (Fsp3) is 0.263. The third-order valence-electron chi connectivity index (χ3n) is 4.09. The van der Waals surface area contributed by atoms with Crippen molar-refractivity contribution >= 4 is 17.5 Å². The van der Waals surface area contributed by atoms with Gasteiger partial charge in [-0.2, -0.15) is 0 Å². The molecule has 0 aromatic heterocycles. The summed E-state index contributed by atoms with van der Waals surface area (Å²) in [5.74, 6) is -0.513. The van der Waals surface area contributed by atoms with E-state index in [9.17, 15) is 9.59 Å². The molecule has 0 saturated carbocycles. The standard InChI is InChI=1S/C19H22N2O2/c1-3-13(2)17(14-7-5-4-6-8-14)19(23)21-16-11-9-15(10-12-16)18(20)22/h4-13,17H,3H2,1-2H3,(H2,20,22)(H,21,23)/t13-,17+/m1/s1. The fourth-order valence-corrected chi connectivity index (χ4v) is 2.57. The van der Waals surface area contributed by atoms with Crippen LogP contribution < -0.4 is 11.1 Å². The topological polar surface area (TPSA) is 72.2 Å². The number of carbonyl (C=O) groups excluding carboxylic acids is 2. The van der Waals surface area contributed by atoms with Crippen molar-refractivity contribution in [2.45, 2.75) is 26.2 Å². The van der Waals surface area contributed by atoms with E-state index in [1.165, 1.54) is 0 Å². The Kier molecular flexibility index (Phi) is 5.52. The summed E-state index contributed by atoms with van der Waals surface area (Å²) in [7, 11) is 0. The summed E-state index contributed by atoms with van der Waals surface area (Å²) in [6.45, 7) is 4.16. The van der Waals surface area contributed by atoms with Crippen LogP contribution >= 0.6 is 0 Å². The number of anilines is 1. The number of nitrogens with one attached hydrogen (secondary N) is 1. The van der Waals surface area contributed by atoms with Crippen LogP contribution in [0.4, 0.5) is 5.69 Å². The summed E-state index contributed by atoms with van der Waals surface area (Å²) in [6, 6.07) is 16.4. The number of amides is 2. The molecule has 0 fully saturated rings. The van der Waals surface area contributed by atoms with Gasteiger partial charge in [0.2, 0.25) is 11.8 Å². The van der Waals surface area contributed by atoms with Gasteiger partial charge < -0.3 is 11.1 Å². The van der Waals surface area contributed by atoms with Gasteiger partial charge in [-0.1, -0.05) is 50.6 Å². The normalized spacial score (nSPS) is 13.1. The smallest absolute Gasteiger partial charge is 0.248 e. The molecule has 3 N–H and O–H groups in total. The molecule has 0 heterocycles. The van der Waals surface area contributed by atoms with Crippen molar-refractivity contribution in [2.75, 3.05) is 5.32 Å². The molecule has 2 aromatic rings. The largest absolute Gasteiger partial charge is 0.366 e. The van der Waals surface area contributed by atoms with E-state index in [-0.39, 0.29) is 17.7 Å². The quantitative estimate of drug-likeness (QED) is 0.856. The molecule has 0 bridgehead atoms. The van der Waals surface area contributed by atoms with E-state index in [1.807, 2.05) is 30.3 Å². The number of nitrogens with two attached hydrogens (primary N) is 1. The molecule has 120 valence electrons. The Labute approximate surface area is 136 Å². The molecule has 2 amide bonds. The van der Waals surface area contributed by atoms with Gasteiger partial charge in [-0.05, 0) is 35.7 Å². The summed E-state index contributed by atoms with van der Waals surface area (Å²) < 4.78 is 0. The molecule has 0 saturated heterocycles. The second-order valence-electron chi connectivity index (χ2n) is 5.70. The van der Waals surface area contributed by atoms with E-state index in [4.69, 9.17) is 5.73 Å². The molecule has 0 aliphatic rings. The lowest BCUT2D eigenvalue weighted by atomic mass is 9.85. The van der Waals surface area contributed by atoms with Gasteiger partial charge in [0, 0.05) is 11.3 Å². The van der Waals surface area contributed by atoms with Crippen molar-refractivity contribution < 1.29 is 9.59 Å². The summed E-state index contributed by atoms with van der Waals surface area (Å²) in [5.41, 5.74) is 7.31. The molecule has 0 radical (unpaired) electrons. The Morgan fingerprint density at radius 2 is 1.65 bits per heavy atom. The van der Waals surface area contributed by atoms with Crippen molar-refractivity contribution in [1.82, 2.24) is 0 Å². The van der Waals surface area contributed by atoms with Gasteiger partial charge in [0.1, 0.15) is 0 Å². The number of primary amides is 1. The number of benzene rings is 2. The van der Waals surface area contributed by atoms with Gasteiger partial charge in [0.15, 0.2) is 0 Å². The highest BCUT2D eigenvalue weighted by atomic mass is 16.2. The molecule has 2 rings (SSSR count). The third-order valence-corrected chi connectivity index (χ3v) is 4.09. The predicted molar refractivity (Wildman–Crippen MR) is 92.2 cm³/mol. The highest BCUT2D eigenvalue weighted by Gasteiger charge is 2.25. The van der Waals surface area contributed by atoms with Gasteiger partial charge in [0.25, 0.3) is 0 Å². The maximum absolute atomic E-state index is 12.7. The van der Waals surface area contributed by atoms with Crippen molar-refractivity contribution in [1.29, 1.82) is 0 Å². The van der Waals surface area contributed by atoms with Crippen molar-refractivity contribution in [2.24, 2.45) is 11.7 Å². The maximum atomic E-state index is 12.7. The van der Waals surface area contributed by atoms with Crippen LogP contribution in [0.25, 0.3) is 0 Å². The zero-order valence-electron chi connectivity index (χ0n) is 13.5. The molecule has 4 heteroatoms. The fourth-order valence-electron chi connectivity index (χ4n) is 2.57. The first kappa shape index (κ1) is 16.7. The summed E-state index contributed by atoms with van der Waals surface area (Å²) in [6.07, 6.45) is 0.910. The molecule has 0 aliphatic carbocycles. The van der Waals surface area contributed by atoms with E-state index in [1.54, 1.807) is 24.3 Å². The highest BCUT2D eigenvalue weighted by molar-refractivity contribution is 5.97. The van der Waals surface area contributed by atoms with Gasteiger partial charge in [-0.15, -0.1) is 0 Å². The Morgan fingerprint density at radius 1 is 1.04 bits per heavy atom. The SMILES string of the molecule is CC[C@@H](C)[C@H](C(=O)Nc1ccc(C(N)=O)cc1)c1ccccc1. The van der Waals surface area contributed by atoms with E-state index in [0.717, 1.165) is 12.0 Å². The van der Waals surface area contributed by atoms with E-state index in [2.05, 4.69) is 19.2 Å². The molecule has 2 aromatic carbocycles. The first-order valence-electron chi connectivity index (χ1n) is 7.78. The average Bonchev–Trinajstić information content (AvgIpc) is 2.56. The number of rotatable bonds is 6. The predicted octanol–water partition coefficient (Wildman–Crippen LogP) is 3.55. The number of hydrogen-bond donors (Lipinski definition) is 2. The lowest BCUT2D eigenvalue weighted by Crippen LogP contribution is -2.26. The molecular formula is C19H22N2O2. The second kappa shape index (κ2) is 7.58. The van der Waals surface area contributed by atoms with Crippen LogP contribution in [0.2, 0.25) is 0 Å². The molecular weight excluding hydrogens is 288 g/mol. The van der Waals surface area contributed by atoms with E-state index in [0.29, 0.717) is 11.3 Å². The Balaban J connectivity index is 2.19. The van der Waals surface area contributed by atoms with Crippen LogP contribution in [0, 0.1) is 5.92 Å².